The number of nitrogens with zero attached hydrogens (tertiary/aromatic N) is 3. The van der Waals surface area contributed by atoms with Crippen molar-refractivity contribution in [1.29, 1.82) is 0 Å². The number of aromatic nitrogens is 3. The molecule has 1 aromatic carbocycles. The predicted octanol–water partition coefficient (Wildman–Crippen LogP) is 4.32. The quantitative estimate of drug-likeness (QED) is 0.472. The third-order valence-electron chi connectivity index (χ3n) is 4.93. The van der Waals surface area contributed by atoms with Crippen LogP contribution in [-0.2, 0) is 12.1 Å². The van der Waals surface area contributed by atoms with Crippen LogP contribution in [0.5, 0.6) is 0 Å². The van der Waals surface area contributed by atoms with Crippen LogP contribution in [0, 0.1) is 0 Å². The second-order valence-electron chi connectivity index (χ2n) is 6.83. The predicted molar refractivity (Wildman–Crippen MR) is 105 cm³/mol. The van der Waals surface area contributed by atoms with E-state index in [1.165, 1.54) is 29.0 Å². The molecule has 0 aliphatic rings. The van der Waals surface area contributed by atoms with Gasteiger partial charge in [0.1, 0.15) is 11.3 Å². The maximum absolute atomic E-state index is 13.2. The SMILES string of the molecule is CCC(O)(c1cn(Cc2ccc3c(-c4ccsc4)cc(=O)oc3c2)nn1)C(F)(F)F. The fraction of sp³-hybridized carbons (Fsp3) is 0.250. The van der Waals surface area contributed by atoms with Gasteiger partial charge in [-0.25, -0.2) is 9.48 Å². The average molecular weight is 435 g/mol. The molecule has 4 aromatic rings. The van der Waals surface area contributed by atoms with E-state index in [0.717, 1.165) is 22.7 Å². The highest BCUT2D eigenvalue weighted by atomic mass is 32.1. The topological polar surface area (TPSA) is 81.2 Å². The highest BCUT2D eigenvalue weighted by molar-refractivity contribution is 7.08. The number of halogens is 3. The molecule has 1 unspecified atom stereocenters. The summed E-state index contributed by atoms with van der Waals surface area (Å²) in [5.74, 6) is 0. The van der Waals surface area contributed by atoms with Crippen LogP contribution in [0.15, 0.2) is 56.5 Å². The molecule has 0 amide bonds. The van der Waals surface area contributed by atoms with E-state index >= 15 is 0 Å². The van der Waals surface area contributed by atoms with Crippen LogP contribution in [0.3, 0.4) is 0 Å². The van der Waals surface area contributed by atoms with Crippen LogP contribution in [-0.4, -0.2) is 26.3 Å². The summed E-state index contributed by atoms with van der Waals surface area (Å²) in [5.41, 5.74) is -1.46. The van der Waals surface area contributed by atoms with E-state index in [0.29, 0.717) is 11.1 Å². The molecule has 30 heavy (non-hydrogen) atoms. The lowest BCUT2D eigenvalue weighted by Gasteiger charge is -2.26. The van der Waals surface area contributed by atoms with Gasteiger partial charge >= 0.3 is 11.8 Å². The molecule has 0 aliphatic heterocycles. The van der Waals surface area contributed by atoms with Crippen LogP contribution in [0.25, 0.3) is 22.1 Å². The van der Waals surface area contributed by atoms with Gasteiger partial charge in [-0.15, -0.1) is 5.10 Å². The highest BCUT2D eigenvalue weighted by Crippen LogP contribution is 2.40. The summed E-state index contributed by atoms with van der Waals surface area (Å²) >= 11 is 1.51. The van der Waals surface area contributed by atoms with Crippen LogP contribution in [0.1, 0.15) is 24.6 Å². The summed E-state index contributed by atoms with van der Waals surface area (Å²) in [6, 6.07) is 8.53. The molecule has 0 aliphatic carbocycles. The van der Waals surface area contributed by atoms with Crippen molar-refractivity contribution in [3.05, 3.63) is 69.0 Å². The lowest BCUT2D eigenvalue weighted by atomic mass is 9.96. The Morgan fingerprint density at radius 3 is 2.70 bits per heavy atom. The Hall–Kier alpha value is -2.98. The number of benzene rings is 1. The van der Waals surface area contributed by atoms with E-state index in [9.17, 15) is 23.1 Å². The normalized spacial score (nSPS) is 14.2. The molecule has 3 heterocycles. The molecule has 0 spiro atoms. The third kappa shape index (κ3) is 3.52. The van der Waals surface area contributed by atoms with Gasteiger partial charge in [-0.3, -0.25) is 0 Å². The summed E-state index contributed by atoms with van der Waals surface area (Å²) in [7, 11) is 0. The van der Waals surface area contributed by atoms with Gasteiger partial charge in [0.2, 0.25) is 5.60 Å². The average Bonchev–Trinajstić information content (AvgIpc) is 3.38. The fourth-order valence-electron chi connectivity index (χ4n) is 3.24. The number of thiophene rings is 1. The first-order valence-corrected chi connectivity index (χ1v) is 9.94. The summed E-state index contributed by atoms with van der Waals surface area (Å²) in [6.45, 7) is 1.32. The second kappa shape index (κ2) is 7.37. The molecule has 0 fully saturated rings. The summed E-state index contributed by atoms with van der Waals surface area (Å²) in [4.78, 5) is 12.0. The van der Waals surface area contributed by atoms with Crippen LogP contribution in [0.2, 0.25) is 0 Å². The van der Waals surface area contributed by atoms with E-state index in [4.69, 9.17) is 4.42 Å². The lowest BCUT2D eigenvalue weighted by molar-refractivity contribution is -0.269. The maximum Gasteiger partial charge on any atom is 0.423 e. The molecular weight excluding hydrogens is 419 g/mol. The molecular formula is C20H16F3N3O3S. The number of fused-ring (bicyclic) bond motifs is 1. The third-order valence-corrected chi connectivity index (χ3v) is 5.61. The molecule has 0 saturated heterocycles. The maximum atomic E-state index is 13.2. The van der Waals surface area contributed by atoms with Gasteiger partial charge in [0.25, 0.3) is 0 Å². The van der Waals surface area contributed by atoms with Crippen LogP contribution in [0.4, 0.5) is 13.2 Å². The zero-order valence-corrected chi connectivity index (χ0v) is 16.5. The Kier molecular flexibility index (Phi) is 4.99. The van der Waals surface area contributed by atoms with Crippen molar-refractivity contribution < 1.29 is 22.7 Å². The van der Waals surface area contributed by atoms with E-state index in [1.807, 2.05) is 16.8 Å². The molecule has 0 radical (unpaired) electrons. The van der Waals surface area contributed by atoms with Crippen molar-refractivity contribution in [3.63, 3.8) is 0 Å². The van der Waals surface area contributed by atoms with Crippen LogP contribution >= 0.6 is 11.3 Å². The summed E-state index contributed by atoms with van der Waals surface area (Å²) in [5, 5.41) is 21.8. The van der Waals surface area contributed by atoms with Crippen LogP contribution < -0.4 is 5.63 Å². The van der Waals surface area contributed by atoms with Gasteiger partial charge < -0.3 is 9.52 Å². The Morgan fingerprint density at radius 2 is 2.03 bits per heavy atom. The van der Waals surface area contributed by atoms with E-state index in [1.54, 1.807) is 18.2 Å². The number of hydrogen-bond acceptors (Lipinski definition) is 6. The molecule has 0 bridgehead atoms. The number of hydrogen-bond donors (Lipinski definition) is 1. The molecule has 3 aromatic heterocycles. The first kappa shape index (κ1) is 20.3. The highest BCUT2D eigenvalue weighted by Gasteiger charge is 2.55. The minimum Gasteiger partial charge on any atom is -0.423 e. The van der Waals surface area contributed by atoms with E-state index in [2.05, 4.69) is 10.3 Å². The van der Waals surface area contributed by atoms with E-state index < -0.39 is 29.5 Å². The minimum absolute atomic E-state index is 0.0903. The molecule has 4 rings (SSSR count). The number of rotatable bonds is 5. The number of aliphatic hydroxyl groups is 1. The smallest absolute Gasteiger partial charge is 0.423 e. The molecule has 10 heteroatoms. The van der Waals surface area contributed by atoms with Gasteiger partial charge in [0.15, 0.2) is 0 Å². The van der Waals surface area contributed by atoms with Gasteiger partial charge in [-0.05, 0) is 40.4 Å². The molecule has 6 nitrogen and oxygen atoms in total. The molecule has 1 atom stereocenters. The van der Waals surface area contributed by atoms with Crippen molar-refractivity contribution in [1.82, 2.24) is 15.0 Å². The second-order valence-corrected chi connectivity index (χ2v) is 7.61. The Morgan fingerprint density at radius 1 is 1.23 bits per heavy atom. The van der Waals surface area contributed by atoms with Gasteiger partial charge in [-0.2, -0.15) is 24.5 Å². The number of alkyl halides is 3. The standard InChI is InChI=1S/C20H16F3N3O3S/c1-2-19(28,20(21,22)23)17-10-26(25-24-17)9-12-3-4-14-15(13-5-6-30-11-13)8-18(27)29-16(14)7-12/h3-8,10-11,28H,2,9H2,1H3. The molecule has 0 saturated carbocycles. The largest absolute Gasteiger partial charge is 0.423 e. The van der Waals surface area contributed by atoms with Crippen molar-refractivity contribution in [2.24, 2.45) is 0 Å². The van der Waals surface area contributed by atoms with Crippen molar-refractivity contribution in [2.75, 3.05) is 0 Å². The zero-order valence-electron chi connectivity index (χ0n) is 15.7. The molecule has 1 N–H and O–H groups in total. The lowest BCUT2D eigenvalue weighted by Crippen LogP contribution is -2.42. The van der Waals surface area contributed by atoms with Crippen molar-refractivity contribution >= 4 is 22.3 Å². The Balaban J connectivity index is 1.68. The van der Waals surface area contributed by atoms with E-state index in [-0.39, 0.29) is 6.54 Å². The molecule has 156 valence electrons. The minimum atomic E-state index is -4.87. The Labute approximate surface area is 172 Å². The van der Waals surface area contributed by atoms with Crippen molar-refractivity contribution in [2.45, 2.75) is 31.7 Å². The van der Waals surface area contributed by atoms with Gasteiger partial charge in [0.05, 0.1) is 12.7 Å². The van der Waals surface area contributed by atoms with Gasteiger partial charge in [-0.1, -0.05) is 24.3 Å². The Bertz CT molecular complexity index is 1250. The first-order chi connectivity index (χ1) is 14.2. The first-order valence-electron chi connectivity index (χ1n) is 9.00. The summed E-state index contributed by atoms with van der Waals surface area (Å²) in [6.07, 6.45) is -4.38. The van der Waals surface area contributed by atoms with Crippen molar-refractivity contribution in [3.8, 4) is 11.1 Å². The fourth-order valence-corrected chi connectivity index (χ4v) is 3.90. The monoisotopic (exact) mass is 435 g/mol. The summed E-state index contributed by atoms with van der Waals surface area (Å²) < 4.78 is 46.2. The van der Waals surface area contributed by atoms with Gasteiger partial charge in [0, 0.05) is 17.0 Å². The zero-order chi connectivity index (χ0) is 21.5.